The Morgan fingerprint density at radius 2 is 2.33 bits per heavy atom. The SMILES string of the molecule is CNCc1cn(CCOc2cncc(Br)c2)nn1. The van der Waals surface area contributed by atoms with E-state index in [4.69, 9.17) is 4.74 Å². The Morgan fingerprint density at radius 1 is 1.44 bits per heavy atom. The van der Waals surface area contributed by atoms with Crippen LogP contribution in [0.4, 0.5) is 0 Å². The predicted molar refractivity (Wildman–Crippen MR) is 70.2 cm³/mol. The first-order valence-corrected chi connectivity index (χ1v) is 6.34. The molecule has 0 atom stereocenters. The summed E-state index contributed by atoms with van der Waals surface area (Å²) in [6.07, 6.45) is 5.30. The molecule has 2 rings (SSSR count). The average molecular weight is 312 g/mol. The van der Waals surface area contributed by atoms with Crippen molar-refractivity contribution in [1.82, 2.24) is 25.3 Å². The smallest absolute Gasteiger partial charge is 0.138 e. The predicted octanol–water partition coefficient (Wildman–Crippen LogP) is 1.23. The van der Waals surface area contributed by atoms with Crippen LogP contribution in [0.3, 0.4) is 0 Å². The van der Waals surface area contributed by atoms with E-state index in [2.05, 4.69) is 36.5 Å². The van der Waals surface area contributed by atoms with Crippen molar-refractivity contribution in [3.8, 4) is 5.75 Å². The van der Waals surface area contributed by atoms with Crippen LogP contribution in [0.15, 0.2) is 29.1 Å². The van der Waals surface area contributed by atoms with E-state index in [-0.39, 0.29) is 0 Å². The Bertz CT molecular complexity index is 502. The molecule has 0 bridgehead atoms. The van der Waals surface area contributed by atoms with E-state index < -0.39 is 0 Å². The molecule has 18 heavy (non-hydrogen) atoms. The topological polar surface area (TPSA) is 64.9 Å². The maximum atomic E-state index is 5.56. The van der Waals surface area contributed by atoms with E-state index in [1.54, 1.807) is 17.1 Å². The van der Waals surface area contributed by atoms with Gasteiger partial charge in [-0.2, -0.15) is 0 Å². The highest BCUT2D eigenvalue weighted by Crippen LogP contribution is 2.15. The van der Waals surface area contributed by atoms with Gasteiger partial charge in [-0.1, -0.05) is 5.21 Å². The summed E-state index contributed by atoms with van der Waals surface area (Å²) in [7, 11) is 1.88. The molecule has 0 saturated heterocycles. The molecular weight excluding hydrogens is 298 g/mol. The maximum absolute atomic E-state index is 5.56. The third-order valence-corrected chi connectivity index (χ3v) is 2.65. The number of halogens is 1. The highest BCUT2D eigenvalue weighted by molar-refractivity contribution is 9.10. The van der Waals surface area contributed by atoms with E-state index >= 15 is 0 Å². The van der Waals surface area contributed by atoms with Gasteiger partial charge >= 0.3 is 0 Å². The van der Waals surface area contributed by atoms with Crippen LogP contribution in [0.2, 0.25) is 0 Å². The molecule has 0 unspecified atom stereocenters. The minimum atomic E-state index is 0.528. The number of aromatic nitrogens is 4. The molecule has 0 saturated carbocycles. The number of rotatable bonds is 6. The molecule has 96 valence electrons. The van der Waals surface area contributed by atoms with E-state index in [1.165, 1.54) is 0 Å². The molecular formula is C11H14BrN5O. The third-order valence-electron chi connectivity index (χ3n) is 2.21. The van der Waals surface area contributed by atoms with Gasteiger partial charge in [-0.05, 0) is 29.0 Å². The molecule has 7 heteroatoms. The second kappa shape index (κ2) is 6.46. The molecule has 0 aliphatic rings. The van der Waals surface area contributed by atoms with Crippen LogP contribution in [0, 0.1) is 0 Å². The number of nitrogens with one attached hydrogen (secondary N) is 1. The Labute approximate surface area is 113 Å². The fraction of sp³-hybridized carbons (Fsp3) is 0.364. The zero-order valence-corrected chi connectivity index (χ0v) is 11.6. The molecule has 2 aromatic heterocycles. The molecule has 1 N–H and O–H groups in total. The lowest BCUT2D eigenvalue weighted by Crippen LogP contribution is -2.09. The highest BCUT2D eigenvalue weighted by Gasteiger charge is 2.00. The summed E-state index contributed by atoms with van der Waals surface area (Å²) < 4.78 is 8.23. The Balaban J connectivity index is 1.81. The van der Waals surface area contributed by atoms with Crippen molar-refractivity contribution in [1.29, 1.82) is 0 Å². The zero-order chi connectivity index (χ0) is 12.8. The number of pyridine rings is 1. The summed E-state index contributed by atoms with van der Waals surface area (Å²) >= 11 is 3.34. The van der Waals surface area contributed by atoms with Crippen molar-refractivity contribution in [3.05, 3.63) is 34.8 Å². The lowest BCUT2D eigenvalue weighted by Gasteiger charge is -2.05. The van der Waals surface area contributed by atoms with E-state index in [1.807, 2.05) is 19.3 Å². The van der Waals surface area contributed by atoms with Crippen molar-refractivity contribution < 1.29 is 4.74 Å². The summed E-state index contributed by atoms with van der Waals surface area (Å²) in [5, 5.41) is 11.1. The van der Waals surface area contributed by atoms with Crippen molar-refractivity contribution in [2.24, 2.45) is 0 Å². The Morgan fingerprint density at radius 3 is 3.11 bits per heavy atom. The van der Waals surface area contributed by atoms with Gasteiger partial charge in [-0.15, -0.1) is 5.10 Å². The number of nitrogens with zero attached hydrogens (tertiary/aromatic N) is 4. The van der Waals surface area contributed by atoms with Gasteiger partial charge in [0.1, 0.15) is 12.4 Å². The summed E-state index contributed by atoms with van der Waals surface area (Å²) in [6, 6.07) is 1.88. The first kappa shape index (κ1) is 13.0. The number of ether oxygens (including phenoxy) is 1. The number of hydrogen-bond donors (Lipinski definition) is 1. The van der Waals surface area contributed by atoms with E-state index in [0.29, 0.717) is 13.2 Å². The first-order valence-electron chi connectivity index (χ1n) is 5.55. The van der Waals surface area contributed by atoms with Gasteiger partial charge in [0, 0.05) is 23.4 Å². The molecule has 6 nitrogen and oxygen atoms in total. The Kier molecular flexibility index (Phi) is 4.66. The van der Waals surface area contributed by atoms with E-state index in [0.717, 1.165) is 22.5 Å². The molecule has 0 aliphatic carbocycles. The van der Waals surface area contributed by atoms with Gasteiger partial charge in [0.15, 0.2) is 0 Å². The highest BCUT2D eigenvalue weighted by atomic mass is 79.9. The van der Waals surface area contributed by atoms with Crippen LogP contribution in [0.25, 0.3) is 0 Å². The van der Waals surface area contributed by atoms with Gasteiger partial charge in [0.05, 0.1) is 18.4 Å². The van der Waals surface area contributed by atoms with Crippen LogP contribution < -0.4 is 10.1 Å². The second-order valence-electron chi connectivity index (χ2n) is 3.69. The minimum absolute atomic E-state index is 0.528. The van der Waals surface area contributed by atoms with Crippen molar-refractivity contribution in [2.45, 2.75) is 13.1 Å². The molecule has 2 heterocycles. The van der Waals surface area contributed by atoms with Crippen molar-refractivity contribution >= 4 is 15.9 Å². The van der Waals surface area contributed by atoms with Crippen LogP contribution >= 0.6 is 15.9 Å². The van der Waals surface area contributed by atoms with Crippen LogP contribution in [-0.4, -0.2) is 33.6 Å². The van der Waals surface area contributed by atoms with Gasteiger partial charge in [0.2, 0.25) is 0 Å². The van der Waals surface area contributed by atoms with Crippen molar-refractivity contribution in [2.75, 3.05) is 13.7 Å². The number of hydrogen-bond acceptors (Lipinski definition) is 5. The lowest BCUT2D eigenvalue weighted by atomic mass is 10.4. The van der Waals surface area contributed by atoms with Gasteiger partial charge < -0.3 is 10.1 Å². The molecule has 0 radical (unpaired) electrons. The average Bonchev–Trinajstić information content (AvgIpc) is 2.78. The molecule has 0 aromatic carbocycles. The molecule has 2 aromatic rings. The molecule has 0 amide bonds. The lowest BCUT2D eigenvalue weighted by molar-refractivity contribution is 0.288. The van der Waals surface area contributed by atoms with Crippen LogP contribution in [0.1, 0.15) is 5.69 Å². The summed E-state index contributed by atoms with van der Waals surface area (Å²) in [5.41, 5.74) is 0.918. The van der Waals surface area contributed by atoms with Gasteiger partial charge in [-0.3, -0.25) is 4.98 Å². The molecule has 0 aliphatic heterocycles. The van der Waals surface area contributed by atoms with Crippen LogP contribution in [-0.2, 0) is 13.1 Å². The van der Waals surface area contributed by atoms with Gasteiger partial charge in [-0.25, -0.2) is 4.68 Å². The second-order valence-corrected chi connectivity index (χ2v) is 4.61. The largest absolute Gasteiger partial charge is 0.490 e. The fourth-order valence-electron chi connectivity index (χ4n) is 1.44. The standard InChI is InChI=1S/C11H14BrN5O/c1-13-6-10-8-17(16-15-10)2-3-18-11-4-9(12)5-14-7-11/h4-5,7-8,13H,2-3,6H2,1H3. The molecule has 0 fully saturated rings. The maximum Gasteiger partial charge on any atom is 0.138 e. The Hall–Kier alpha value is -1.47. The monoisotopic (exact) mass is 311 g/mol. The zero-order valence-electron chi connectivity index (χ0n) is 10.0. The van der Waals surface area contributed by atoms with Gasteiger partial charge in [0.25, 0.3) is 0 Å². The normalized spacial score (nSPS) is 10.6. The summed E-state index contributed by atoms with van der Waals surface area (Å²) in [6.45, 7) is 1.90. The minimum Gasteiger partial charge on any atom is -0.490 e. The first-order chi connectivity index (χ1) is 8.78. The summed E-state index contributed by atoms with van der Waals surface area (Å²) in [5.74, 6) is 0.736. The van der Waals surface area contributed by atoms with E-state index in [9.17, 15) is 0 Å². The third kappa shape index (κ3) is 3.78. The van der Waals surface area contributed by atoms with Crippen LogP contribution in [0.5, 0.6) is 5.75 Å². The molecule has 0 spiro atoms. The quantitative estimate of drug-likeness (QED) is 0.869. The van der Waals surface area contributed by atoms with Crippen molar-refractivity contribution in [3.63, 3.8) is 0 Å². The summed E-state index contributed by atoms with van der Waals surface area (Å²) in [4.78, 5) is 4.02. The fourth-order valence-corrected chi connectivity index (χ4v) is 1.78.